The van der Waals surface area contributed by atoms with Crippen molar-refractivity contribution in [2.24, 2.45) is 11.7 Å². The lowest BCUT2D eigenvalue weighted by Crippen LogP contribution is -2.41. The maximum atomic E-state index is 10.9. The number of carbonyl (C=O) groups is 1. The number of aliphatic carboxylic acids is 1. The molecule has 0 rings (SSSR count). The van der Waals surface area contributed by atoms with Gasteiger partial charge in [0, 0.05) is 12.0 Å². The number of hydrogen-bond donors (Lipinski definition) is 2. The molecule has 0 saturated carbocycles. The Morgan fingerprint density at radius 2 is 1.15 bits per heavy atom. The van der Waals surface area contributed by atoms with Gasteiger partial charge in [0.05, 0.1) is 0 Å². The van der Waals surface area contributed by atoms with Gasteiger partial charge in [0.15, 0.2) is 0 Å². The lowest BCUT2D eigenvalue weighted by atomic mass is 9.82. The zero-order valence-electron chi connectivity index (χ0n) is 17.7. The molecule has 0 amide bonds. The molecule has 0 bridgehead atoms. The number of carboxylic acids is 1. The molecule has 0 aliphatic heterocycles. The Labute approximate surface area is 169 Å². The first-order valence-corrected chi connectivity index (χ1v) is 10.9. The Morgan fingerprint density at radius 3 is 1.46 bits per heavy atom. The fourth-order valence-corrected chi connectivity index (χ4v) is 3.53. The van der Waals surface area contributed by atoms with Gasteiger partial charge in [-0.1, -0.05) is 96.8 Å². The van der Waals surface area contributed by atoms with Crippen molar-refractivity contribution in [3.8, 4) is 0 Å². The molecule has 3 nitrogen and oxygen atoms in total. The highest BCUT2D eigenvalue weighted by molar-refractivity contribution is 5.85. The first kappa shape index (κ1) is 27.9. The first-order valence-electron chi connectivity index (χ1n) is 10.9. The van der Waals surface area contributed by atoms with E-state index in [0.717, 1.165) is 12.8 Å². The third-order valence-electron chi connectivity index (χ3n) is 5.38. The standard InChI is InChI=1S/C22H45NO2.ClH/c1-4-5-6-7-8-9-10-11-12-13-14-15-16-17-18-20(19-21(24)25)22(2,3)23;/h20H,4-19,23H2,1-3H3,(H,24,25);1H. The van der Waals surface area contributed by atoms with E-state index in [0.29, 0.717) is 0 Å². The second-order valence-corrected chi connectivity index (χ2v) is 8.50. The third kappa shape index (κ3) is 18.5. The van der Waals surface area contributed by atoms with Gasteiger partial charge in [-0.3, -0.25) is 4.79 Å². The lowest BCUT2D eigenvalue weighted by Gasteiger charge is -2.29. The number of rotatable bonds is 18. The van der Waals surface area contributed by atoms with E-state index in [-0.39, 0.29) is 24.7 Å². The minimum atomic E-state index is -0.728. The Morgan fingerprint density at radius 1 is 0.808 bits per heavy atom. The first-order chi connectivity index (χ1) is 11.9. The maximum absolute atomic E-state index is 10.9. The highest BCUT2D eigenvalue weighted by atomic mass is 35.5. The Bertz CT molecular complexity index is 316. The molecular formula is C22H46ClNO2. The smallest absolute Gasteiger partial charge is 0.303 e. The summed E-state index contributed by atoms with van der Waals surface area (Å²) in [5.41, 5.74) is 5.73. The van der Waals surface area contributed by atoms with Crippen molar-refractivity contribution < 1.29 is 9.90 Å². The van der Waals surface area contributed by atoms with E-state index in [1.807, 2.05) is 13.8 Å². The van der Waals surface area contributed by atoms with Crippen LogP contribution in [-0.4, -0.2) is 16.6 Å². The molecule has 0 aromatic carbocycles. The number of carboxylic acid groups (broad SMARTS) is 1. The fraction of sp³-hybridized carbons (Fsp3) is 0.955. The fourth-order valence-electron chi connectivity index (χ4n) is 3.53. The van der Waals surface area contributed by atoms with Crippen LogP contribution < -0.4 is 5.73 Å². The second kappa shape index (κ2) is 18.1. The Hall–Kier alpha value is -0.280. The van der Waals surface area contributed by atoms with Crippen LogP contribution in [0.2, 0.25) is 0 Å². The quantitative estimate of drug-likeness (QED) is 0.245. The van der Waals surface area contributed by atoms with Crippen LogP contribution in [0.15, 0.2) is 0 Å². The molecule has 0 aromatic heterocycles. The zero-order chi connectivity index (χ0) is 19.0. The van der Waals surface area contributed by atoms with Crippen LogP contribution in [0.1, 0.15) is 124 Å². The molecule has 0 heterocycles. The molecule has 3 N–H and O–H groups in total. The third-order valence-corrected chi connectivity index (χ3v) is 5.38. The van der Waals surface area contributed by atoms with Crippen LogP contribution in [0.4, 0.5) is 0 Å². The summed E-state index contributed by atoms with van der Waals surface area (Å²) in [5, 5.41) is 9.01. The predicted molar refractivity (Wildman–Crippen MR) is 116 cm³/mol. The zero-order valence-corrected chi connectivity index (χ0v) is 18.5. The van der Waals surface area contributed by atoms with Crippen molar-refractivity contribution in [3.63, 3.8) is 0 Å². The molecule has 1 atom stereocenters. The molecule has 0 aliphatic carbocycles. The molecule has 0 fully saturated rings. The van der Waals surface area contributed by atoms with Crippen LogP contribution in [0.25, 0.3) is 0 Å². The van der Waals surface area contributed by atoms with Crippen molar-refractivity contribution in [1.82, 2.24) is 0 Å². The van der Waals surface area contributed by atoms with E-state index in [2.05, 4.69) is 6.92 Å². The van der Waals surface area contributed by atoms with Gasteiger partial charge in [0.2, 0.25) is 0 Å². The molecule has 0 aliphatic rings. The van der Waals surface area contributed by atoms with Gasteiger partial charge in [-0.2, -0.15) is 0 Å². The van der Waals surface area contributed by atoms with Crippen molar-refractivity contribution in [1.29, 1.82) is 0 Å². The van der Waals surface area contributed by atoms with Gasteiger partial charge >= 0.3 is 5.97 Å². The summed E-state index contributed by atoms with van der Waals surface area (Å²) in [6.45, 7) is 6.17. The number of halogens is 1. The lowest BCUT2D eigenvalue weighted by molar-refractivity contribution is -0.138. The Kier molecular flexibility index (Phi) is 19.4. The molecule has 4 heteroatoms. The maximum Gasteiger partial charge on any atom is 0.303 e. The minimum Gasteiger partial charge on any atom is -0.481 e. The van der Waals surface area contributed by atoms with Gasteiger partial charge in [-0.15, -0.1) is 12.4 Å². The normalized spacial score (nSPS) is 12.6. The van der Waals surface area contributed by atoms with E-state index in [1.165, 1.54) is 83.5 Å². The molecule has 0 spiro atoms. The van der Waals surface area contributed by atoms with Crippen molar-refractivity contribution in [3.05, 3.63) is 0 Å². The second-order valence-electron chi connectivity index (χ2n) is 8.50. The van der Waals surface area contributed by atoms with E-state index < -0.39 is 11.5 Å². The van der Waals surface area contributed by atoms with Crippen LogP contribution in [0.5, 0.6) is 0 Å². The average molecular weight is 392 g/mol. The molecule has 158 valence electrons. The van der Waals surface area contributed by atoms with Crippen LogP contribution >= 0.6 is 12.4 Å². The predicted octanol–water partition coefficient (Wildman–Crippen LogP) is 7.11. The van der Waals surface area contributed by atoms with Gasteiger partial charge < -0.3 is 10.8 Å². The van der Waals surface area contributed by atoms with E-state index >= 15 is 0 Å². The molecule has 0 saturated heterocycles. The SMILES string of the molecule is CCCCCCCCCCCCCCCCC(CC(=O)O)C(C)(C)N.Cl. The summed E-state index contributed by atoms with van der Waals surface area (Å²) >= 11 is 0. The summed E-state index contributed by atoms with van der Waals surface area (Å²) in [7, 11) is 0. The molecule has 1 unspecified atom stereocenters. The van der Waals surface area contributed by atoms with E-state index in [9.17, 15) is 4.79 Å². The van der Waals surface area contributed by atoms with Gasteiger partial charge in [-0.05, 0) is 26.2 Å². The van der Waals surface area contributed by atoms with Gasteiger partial charge in [-0.25, -0.2) is 0 Å². The minimum absolute atomic E-state index is 0. The largest absolute Gasteiger partial charge is 0.481 e. The molecular weight excluding hydrogens is 346 g/mol. The van der Waals surface area contributed by atoms with Gasteiger partial charge in [0.1, 0.15) is 0 Å². The van der Waals surface area contributed by atoms with E-state index in [1.54, 1.807) is 0 Å². The highest BCUT2D eigenvalue weighted by Gasteiger charge is 2.26. The van der Waals surface area contributed by atoms with E-state index in [4.69, 9.17) is 10.8 Å². The van der Waals surface area contributed by atoms with Crippen molar-refractivity contribution in [2.75, 3.05) is 0 Å². The summed E-state index contributed by atoms with van der Waals surface area (Å²) < 4.78 is 0. The molecule has 26 heavy (non-hydrogen) atoms. The topological polar surface area (TPSA) is 63.3 Å². The van der Waals surface area contributed by atoms with Crippen LogP contribution in [-0.2, 0) is 4.79 Å². The summed E-state index contributed by atoms with van der Waals surface area (Å²) in [4.78, 5) is 10.9. The van der Waals surface area contributed by atoms with Crippen LogP contribution in [0.3, 0.4) is 0 Å². The molecule has 0 aromatic rings. The Balaban J connectivity index is 0. The van der Waals surface area contributed by atoms with Crippen molar-refractivity contribution in [2.45, 2.75) is 129 Å². The number of hydrogen-bond acceptors (Lipinski definition) is 2. The summed E-state index contributed by atoms with van der Waals surface area (Å²) in [5.74, 6) is -0.642. The van der Waals surface area contributed by atoms with Crippen molar-refractivity contribution >= 4 is 18.4 Å². The molecule has 0 radical (unpaired) electrons. The summed E-state index contributed by atoms with van der Waals surface area (Å²) in [6, 6.07) is 0. The number of unbranched alkanes of at least 4 members (excludes halogenated alkanes) is 13. The summed E-state index contributed by atoms with van der Waals surface area (Å²) in [6.07, 6.45) is 20.0. The number of nitrogens with two attached hydrogens (primary N) is 1. The highest BCUT2D eigenvalue weighted by Crippen LogP contribution is 2.24. The van der Waals surface area contributed by atoms with Crippen LogP contribution in [0, 0.1) is 5.92 Å². The van der Waals surface area contributed by atoms with Gasteiger partial charge in [0.25, 0.3) is 0 Å². The average Bonchev–Trinajstić information content (AvgIpc) is 2.52. The monoisotopic (exact) mass is 391 g/mol.